The highest BCUT2D eigenvalue weighted by molar-refractivity contribution is 6.90. The quantitative estimate of drug-likeness (QED) is 0.352. The lowest BCUT2D eigenvalue weighted by Crippen LogP contribution is -2.37. The average molecular weight is 388 g/mol. The third-order valence-corrected chi connectivity index (χ3v) is 8.01. The molecule has 28 heavy (non-hydrogen) atoms. The summed E-state index contributed by atoms with van der Waals surface area (Å²) in [5.74, 6) is 0.522. The maximum Gasteiger partial charge on any atom is 0.144 e. The van der Waals surface area contributed by atoms with Crippen LogP contribution in [0.25, 0.3) is 33.2 Å². The van der Waals surface area contributed by atoms with E-state index in [0.717, 1.165) is 28.8 Å². The molecule has 0 aliphatic heterocycles. The van der Waals surface area contributed by atoms with Gasteiger partial charge in [-0.2, -0.15) is 0 Å². The zero-order chi connectivity index (χ0) is 20.1. The smallest absolute Gasteiger partial charge is 0.144 e. The maximum atomic E-state index is 6.44. The second-order valence-electron chi connectivity index (χ2n) is 8.90. The normalized spacial score (nSPS) is 13.4. The summed E-state index contributed by atoms with van der Waals surface area (Å²) < 4.78 is 6.44. The van der Waals surface area contributed by atoms with Gasteiger partial charge in [-0.1, -0.05) is 57.8 Å². The van der Waals surface area contributed by atoms with Crippen molar-refractivity contribution in [3.63, 3.8) is 0 Å². The number of aromatic nitrogens is 1. The molecule has 0 saturated carbocycles. The standard InChI is InChI=1S/C25H29NOSi/c1-7-16(2)18-14-15-26-24(17(18)3)20-12-13-22(28(4,5)6)23-19-10-8-9-11-21(19)27-25(20)23/h8-16H,7H2,1-6H3. The Morgan fingerprint density at radius 2 is 1.79 bits per heavy atom. The number of hydrogen-bond donors (Lipinski definition) is 0. The molecule has 144 valence electrons. The van der Waals surface area contributed by atoms with Crippen LogP contribution in [-0.2, 0) is 0 Å². The van der Waals surface area contributed by atoms with Crippen molar-refractivity contribution in [3.05, 3.63) is 59.8 Å². The summed E-state index contributed by atoms with van der Waals surface area (Å²) in [6, 6.07) is 15.1. The highest BCUT2D eigenvalue weighted by atomic mass is 28.3. The van der Waals surface area contributed by atoms with Gasteiger partial charge < -0.3 is 4.42 Å². The Morgan fingerprint density at radius 1 is 1.04 bits per heavy atom. The number of benzene rings is 2. The zero-order valence-electron chi connectivity index (χ0n) is 17.8. The van der Waals surface area contributed by atoms with Crippen molar-refractivity contribution in [1.82, 2.24) is 4.98 Å². The number of fused-ring (bicyclic) bond motifs is 3. The molecule has 4 aromatic rings. The fraction of sp³-hybridized carbons (Fsp3) is 0.320. The van der Waals surface area contributed by atoms with Crippen LogP contribution in [-0.4, -0.2) is 13.1 Å². The van der Waals surface area contributed by atoms with Gasteiger partial charge in [-0.05, 0) is 53.8 Å². The second-order valence-corrected chi connectivity index (χ2v) is 13.9. The van der Waals surface area contributed by atoms with E-state index in [2.05, 4.69) is 76.8 Å². The van der Waals surface area contributed by atoms with Gasteiger partial charge in [0.05, 0.1) is 13.8 Å². The zero-order valence-corrected chi connectivity index (χ0v) is 18.8. The molecule has 0 radical (unpaired) electrons. The summed E-state index contributed by atoms with van der Waals surface area (Å²) in [6.07, 6.45) is 3.07. The third-order valence-electron chi connectivity index (χ3n) is 5.98. The topological polar surface area (TPSA) is 26.0 Å². The fourth-order valence-electron chi connectivity index (χ4n) is 4.22. The van der Waals surface area contributed by atoms with E-state index in [1.807, 2.05) is 12.3 Å². The Bertz CT molecular complexity index is 1170. The number of furan rings is 1. The van der Waals surface area contributed by atoms with Crippen molar-refractivity contribution in [1.29, 1.82) is 0 Å². The lowest BCUT2D eigenvalue weighted by atomic mass is 9.92. The molecule has 2 heterocycles. The van der Waals surface area contributed by atoms with Crippen molar-refractivity contribution in [2.45, 2.75) is 52.8 Å². The summed E-state index contributed by atoms with van der Waals surface area (Å²) in [5, 5.41) is 3.95. The average Bonchev–Trinajstić information content (AvgIpc) is 3.06. The predicted molar refractivity (Wildman–Crippen MR) is 123 cm³/mol. The maximum absolute atomic E-state index is 6.44. The third kappa shape index (κ3) is 2.98. The van der Waals surface area contributed by atoms with Crippen molar-refractivity contribution in [3.8, 4) is 11.3 Å². The summed E-state index contributed by atoms with van der Waals surface area (Å²) in [4.78, 5) is 4.79. The molecule has 2 nitrogen and oxygen atoms in total. The molecule has 2 aromatic heterocycles. The van der Waals surface area contributed by atoms with Crippen LogP contribution in [0.4, 0.5) is 0 Å². The van der Waals surface area contributed by atoms with Crippen LogP contribution in [0, 0.1) is 6.92 Å². The second kappa shape index (κ2) is 6.89. The molecular formula is C25H29NOSi. The number of hydrogen-bond acceptors (Lipinski definition) is 2. The Labute approximate surface area is 168 Å². The van der Waals surface area contributed by atoms with Crippen LogP contribution in [0.1, 0.15) is 37.3 Å². The molecule has 4 rings (SSSR count). The molecule has 0 N–H and O–H groups in total. The molecule has 0 aliphatic carbocycles. The van der Waals surface area contributed by atoms with Crippen molar-refractivity contribution in [2.75, 3.05) is 0 Å². The molecule has 0 bridgehead atoms. The van der Waals surface area contributed by atoms with E-state index >= 15 is 0 Å². The molecule has 0 amide bonds. The SMILES string of the molecule is CCC(C)c1ccnc(-c2ccc([Si](C)(C)C)c3c2oc2ccccc23)c1C. The molecular weight excluding hydrogens is 358 g/mol. The van der Waals surface area contributed by atoms with Gasteiger partial charge in [0.1, 0.15) is 11.2 Å². The number of para-hydroxylation sites is 1. The number of nitrogens with zero attached hydrogens (tertiary/aromatic N) is 1. The molecule has 0 aliphatic rings. The van der Waals surface area contributed by atoms with E-state index in [4.69, 9.17) is 9.40 Å². The van der Waals surface area contributed by atoms with Crippen LogP contribution in [0.3, 0.4) is 0 Å². The van der Waals surface area contributed by atoms with E-state index in [-0.39, 0.29) is 0 Å². The lowest BCUT2D eigenvalue weighted by Gasteiger charge is -2.20. The first kappa shape index (κ1) is 18.9. The van der Waals surface area contributed by atoms with Crippen molar-refractivity contribution < 1.29 is 4.42 Å². The summed E-state index contributed by atoms with van der Waals surface area (Å²) in [6.45, 7) is 13.9. The molecule has 0 saturated heterocycles. The molecule has 1 atom stereocenters. The fourth-order valence-corrected chi connectivity index (χ4v) is 5.80. The molecule has 2 aromatic carbocycles. The van der Waals surface area contributed by atoms with Crippen LogP contribution >= 0.6 is 0 Å². The first-order valence-electron chi connectivity index (χ1n) is 10.2. The summed E-state index contributed by atoms with van der Waals surface area (Å²) in [7, 11) is -1.53. The van der Waals surface area contributed by atoms with Gasteiger partial charge in [0.25, 0.3) is 0 Å². The Balaban J connectivity index is 2.08. The highest BCUT2D eigenvalue weighted by Crippen LogP contribution is 2.37. The van der Waals surface area contributed by atoms with Crippen LogP contribution in [0.2, 0.25) is 19.6 Å². The van der Waals surface area contributed by atoms with Gasteiger partial charge >= 0.3 is 0 Å². The lowest BCUT2D eigenvalue weighted by molar-refractivity contribution is 0.669. The Hall–Kier alpha value is -2.39. The van der Waals surface area contributed by atoms with Crippen molar-refractivity contribution in [2.24, 2.45) is 0 Å². The Kier molecular flexibility index (Phi) is 4.66. The minimum Gasteiger partial charge on any atom is -0.455 e. The number of pyridine rings is 1. The van der Waals surface area contributed by atoms with E-state index in [0.29, 0.717) is 5.92 Å². The predicted octanol–water partition coefficient (Wildman–Crippen LogP) is 7.02. The summed E-state index contributed by atoms with van der Waals surface area (Å²) in [5.41, 5.74) is 6.74. The number of rotatable bonds is 4. The van der Waals surface area contributed by atoms with E-state index in [1.165, 1.54) is 27.1 Å². The van der Waals surface area contributed by atoms with Gasteiger partial charge in [0, 0.05) is 22.5 Å². The first-order valence-corrected chi connectivity index (χ1v) is 13.7. The minimum absolute atomic E-state index is 0.522. The molecule has 0 fully saturated rings. The summed E-state index contributed by atoms with van der Waals surface area (Å²) >= 11 is 0. The van der Waals surface area contributed by atoms with Gasteiger partial charge in [-0.15, -0.1) is 0 Å². The van der Waals surface area contributed by atoms with Gasteiger partial charge in [0.15, 0.2) is 0 Å². The van der Waals surface area contributed by atoms with Crippen LogP contribution in [0.15, 0.2) is 53.1 Å². The van der Waals surface area contributed by atoms with Gasteiger partial charge in [-0.25, -0.2) is 0 Å². The highest BCUT2D eigenvalue weighted by Gasteiger charge is 2.25. The monoisotopic (exact) mass is 387 g/mol. The molecule has 1 unspecified atom stereocenters. The van der Waals surface area contributed by atoms with Crippen molar-refractivity contribution >= 4 is 35.2 Å². The van der Waals surface area contributed by atoms with Gasteiger partial charge in [-0.3, -0.25) is 4.98 Å². The van der Waals surface area contributed by atoms with E-state index in [9.17, 15) is 0 Å². The van der Waals surface area contributed by atoms with Crippen LogP contribution in [0.5, 0.6) is 0 Å². The van der Waals surface area contributed by atoms with E-state index < -0.39 is 8.07 Å². The van der Waals surface area contributed by atoms with E-state index in [1.54, 1.807) is 0 Å². The van der Waals surface area contributed by atoms with Gasteiger partial charge in [0.2, 0.25) is 0 Å². The minimum atomic E-state index is -1.53. The molecule has 0 spiro atoms. The first-order chi connectivity index (χ1) is 13.3. The molecule has 3 heteroatoms. The Morgan fingerprint density at radius 3 is 2.50 bits per heavy atom. The van der Waals surface area contributed by atoms with Crippen LogP contribution < -0.4 is 5.19 Å². The largest absolute Gasteiger partial charge is 0.455 e.